The molecule has 21 heavy (non-hydrogen) atoms. The van der Waals surface area contributed by atoms with E-state index < -0.39 is 0 Å². The third kappa shape index (κ3) is 2.78. The first-order valence-corrected chi connectivity index (χ1v) is 7.65. The number of quaternary nitrogens is 1. The summed E-state index contributed by atoms with van der Waals surface area (Å²) in [5.41, 5.74) is 2.76. The molecule has 5 heteroatoms. The summed E-state index contributed by atoms with van der Waals surface area (Å²) in [6, 6.07) is 8.61. The number of carbonyl (C=O) groups excluding carboxylic acids is 2. The van der Waals surface area contributed by atoms with E-state index >= 15 is 0 Å². The van der Waals surface area contributed by atoms with Gasteiger partial charge < -0.3 is 10.2 Å². The van der Waals surface area contributed by atoms with Crippen molar-refractivity contribution >= 4 is 11.9 Å². The number of carbonyl (C=O) groups is 2. The van der Waals surface area contributed by atoms with Crippen molar-refractivity contribution in [1.82, 2.24) is 10.2 Å². The first-order chi connectivity index (χ1) is 10.2. The molecule has 2 N–H and O–H groups in total. The van der Waals surface area contributed by atoms with Gasteiger partial charge in [-0.15, -0.1) is 0 Å². The Balaban J connectivity index is 1.70. The third-order valence-corrected chi connectivity index (χ3v) is 4.55. The van der Waals surface area contributed by atoms with Crippen molar-refractivity contribution in [3.8, 4) is 0 Å². The molecular formula is C16H22N3O2+. The molecule has 1 unspecified atom stereocenters. The molecule has 3 amide bonds. The third-order valence-electron chi connectivity index (χ3n) is 4.55. The number of hydrogen-bond acceptors (Lipinski definition) is 2. The minimum atomic E-state index is -0.253. The Bertz CT molecular complexity index is 558. The summed E-state index contributed by atoms with van der Waals surface area (Å²) in [5.74, 6) is -0.0782. The summed E-state index contributed by atoms with van der Waals surface area (Å²) >= 11 is 0. The molecule has 1 aliphatic carbocycles. The zero-order valence-corrected chi connectivity index (χ0v) is 12.4. The summed E-state index contributed by atoms with van der Waals surface area (Å²) < 4.78 is 0. The number of amides is 3. The van der Waals surface area contributed by atoms with Crippen LogP contribution in [0.3, 0.4) is 0 Å². The van der Waals surface area contributed by atoms with Gasteiger partial charge in [-0.1, -0.05) is 24.3 Å². The van der Waals surface area contributed by atoms with E-state index in [4.69, 9.17) is 0 Å². The van der Waals surface area contributed by atoms with Crippen LogP contribution >= 0.6 is 0 Å². The fourth-order valence-corrected chi connectivity index (χ4v) is 3.43. The van der Waals surface area contributed by atoms with Crippen LogP contribution in [-0.4, -0.2) is 43.5 Å². The number of aryl methyl sites for hydroxylation is 1. The first kappa shape index (κ1) is 14.1. The van der Waals surface area contributed by atoms with Gasteiger partial charge in [-0.3, -0.25) is 9.69 Å². The van der Waals surface area contributed by atoms with E-state index in [-0.39, 0.29) is 11.9 Å². The average Bonchev–Trinajstić information content (AvgIpc) is 2.92. The highest BCUT2D eigenvalue weighted by Crippen LogP contribution is 2.27. The molecule has 1 fully saturated rings. The Morgan fingerprint density at radius 2 is 2.24 bits per heavy atom. The number of nitrogens with zero attached hydrogens (tertiary/aromatic N) is 1. The van der Waals surface area contributed by atoms with Crippen LogP contribution in [0.25, 0.3) is 0 Å². The number of rotatable bonds is 3. The lowest BCUT2D eigenvalue weighted by Gasteiger charge is -2.30. The Labute approximate surface area is 124 Å². The number of benzene rings is 1. The van der Waals surface area contributed by atoms with Crippen molar-refractivity contribution in [3.05, 3.63) is 35.4 Å². The predicted molar refractivity (Wildman–Crippen MR) is 79.0 cm³/mol. The summed E-state index contributed by atoms with van der Waals surface area (Å²) in [6.45, 7) is 1.43. The Morgan fingerprint density at radius 1 is 1.43 bits per heavy atom. The Kier molecular flexibility index (Phi) is 3.92. The lowest BCUT2D eigenvalue weighted by molar-refractivity contribution is -0.905. The number of urea groups is 1. The molecule has 0 saturated carbocycles. The van der Waals surface area contributed by atoms with E-state index in [0.717, 1.165) is 19.3 Å². The van der Waals surface area contributed by atoms with Gasteiger partial charge in [0.25, 0.3) is 5.91 Å². The highest BCUT2D eigenvalue weighted by molar-refractivity contribution is 5.96. The first-order valence-electron chi connectivity index (χ1n) is 7.65. The van der Waals surface area contributed by atoms with Crippen LogP contribution in [0.4, 0.5) is 4.79 Å². The second kappa shape index (κ2) is 5.85. The molecule has 1 heterocycles. The van der Waals surface area contributed by atoms with E-state index in [0.29, 0.717) is 25.7 Å². The molecule has 1 aromatic rings. The number of nitrogens with one attached hydrogen (secondary N) is 2. The highest BCUT2D eigenvalue weighted by atomic mass is 16.2. The minimum Gasteiger partial charge on any atom is -0.336 e. The standard InChI is InChI=1S/C16H21N3O2/c1-18(11-15(20)19-10-9-17-16(19)21)14-8-4-6-12-5-2-3-7-13(12)14/h2-3,5,7,14H,4,6,8-11H2,1H3,(H,17,21)/p+1/t14-/m0/s1. The largest absolute Gasteiger partial charge is 0.336 e. The molecule has 0 aromatic heterocycles. The number of fused-ring (bicyclic) bond motifs is 1. The van der Waals surface area contributed by atoms with E-state index in [2.05, 4.69) is 36.6 Å². The number of imide groups is 1. The maximum Gasteiger partial charge on any atom is 0.324 e. The molecule has 0 radical (unpaired) electrons. The fourth-order valence-electron chi connectivity index (χ4n) is 3.43. The quantitative estimate of drug-likeness (QED) is 0.831. The molecule has 5 nitrogen and oxygen atoms in total. The average molecular weight is 288 g/mol. The van der Waals surface area contributed by atoms with Crippen LogP contribution in [0.15, 0.2) is 24.3 Å². The van der Waals surface area contributed by atoms with Crippen molar-refractivity contribution in [2.75, 3.05) is 26.7 Å². The molecule has 2 atom stereocenters. The van der Waals surface area contributed by atoms with E-state index in [1.54, 1.807) is 0 Å². The summed E-state index contributed by atoms with van der Waals surface area (Å²) in [7, 11) is 2.05. The maximum absolute atomic E-state index is 12.3. The van der Waals surface area contributed by atoms with Crippen LogP contribution in [0.2, 0.25) is 0 Å². The van der Waals surface area contributed by atoms with E-state index in [1.165, 1.54) is 20.9 Å². The van der Waals surface area contributed by atoms with Crippen LogP contribution in [-0.2, 0) is 11.2 Å². The van der Waals surface area contributed by atoms with Crippen molar-refractivity contribution in [3.63, 3.8) is 0 Å². The molecule has 2 aliphatic rings. The zero-order valence-electron chi connectivity index (χ0n) is 12.4. The summed E-state index contributed by atoms with van der Waals surface area (Å²) in [5, 5.41) is 2.68. The summed E-state index contributed by atoms with van der Waals surface area (Å²) in [6.07, 6.45) is 3.39. The van der Waals surface area contributed by atoms with Gasteiger partial charge in [0.15, 0.2) is 6.54 Å². The number of likely N-dealkylation sites (N-methyl/N-ethyl adjacent to an activating group) is 1. The molecule has 1 aromatic carbocycles. The molecule has 0 bridgehead atoms. The van der Waals surface area contributed by atoms with Crippen molar-refractivity contribution in [1.29, 1.82) is 0 Å². The van der Waals surface area contributed by atoms with Gasteiger partial charge >= 0.3 is 6.03 Å². The number of hydrogen-bond donors (Lipinski definition) is 2. The molecule has 0 spiro atoms. The monoisotopic (exact) mass is 288 g/mol. The van der Waals surface area contributed by atoms with Gasteiger partial charge in [0.1, 0.15) is 6.04 Å². The van der Waals surface area contributed by atoms with Gasteiger partial charge in [0.05, 0.1) is 7.05 Å². The van der Waals surface area contributed by atoms with Gasteiger partial charge in [-0.2, -0.15) is 0 Å². The topological polar surface area (TPSA) is 53.9 Å². The SMILES string of the molecule is C[NH+](CC(=O)N1CCNC1=O)[C@H]1CCCc2ccccc21. The molecule has 1 aliphatic heterocycles. The molecular weight excluding hydrogens is 266 g/mol. The molecule has 112 valence electrons. The van der Waals surface area contributed by atoms with Gasteiger partial charge in [-0.25, -0.2) is 4.79 Å². The van der Waals surface area contributed by atoms with Crippen molar-refractivity contribution < 1.29 is 14.5 Å². The highest BCUT2D eigenvalue weighted by Gasteiger charge is 2.32. The van der Waals surface area contributed by atoms with Crippen LogP contribution in [0, 0.1) is 0 Å². The maximum atomic E-state index is 12.3. The van der Waals surface area contributed by atoms with Gasteiger partial charge in [0, 0.05) is 25.1 Å². The van der Waals surface area contributed by atoms with Gasteiger partial charge in [0.2, 0.25) is 0 Å². The summed E-state index contributed by atoms with van der Waals surface area (Å²) in [4.78, 5) is 26.3. The lowest BCUT2D eigenvalue weighted by atomic mass is 9.87. The normalized spacial score (nSPS) is 22.6. The fraction of sp³-hybridized carbons (Fsp3) is 0.500. The zero-order chi connectivity index (χ0) is 14.8. The smallest absolute Gasteiger partial charge is 0.324 e. The van der Waals surface area contributed by atoms with E-state index in [1.807, 2.05) is 0 Å². The van der Waals surface area contributed by atoms with Crippen molar-refractivity contribution in [2.45, 2.75) is 25.3 Å². The van der Waals surface area contributed by atoms with Crippen LogP contribution in [0.5, 0.6) is 0 Å². The van der Waals surface area contributed by atoms with Crippen molar-refractivity contribution in [2.24, 2.45) is 0 Å². The second-order valence-electron chi connectivity index (χ2n) is 5.94. The van der Waals surface area contributed by atoms with Gasteiger partial charge in [-0.05, 0) is 18.4 Å². The van der Waals surface area contributed by atoms with Crippen LogP contribution < -0.4 is 10.2 Å². The minimum absolute atomic E-state index is 0.0782. The Hall–Kier alpha value is -1.88. The Morgan fingerprint density at radius 3 is 3.00 bits per heavy atom. The molecule has 3 rings (SSSR count). The van der Waals surface area contributed by atoms with Crippen LogP contribution in [0.1, 0.15) is 30.0 Å². The lowest BCUT2D eigenvalue weighted by Crippen LogP contribution is -3.10. The predicted octanol–water partition coefficient (Wildman–Crippen LogP) is 0.131. The second-order valence-corrected chi connectivity index (χ2v) is 5.94. The molecule has 1 saturated heterocycles. The van der Waals surface area contributed by atoms with E-state index in [9.17, 15) is 9.59 Å².